The fraction of sp³-hybridized carbons (Fsp3) is 0.316. The first-order valence-electron chi connectivity index (χ1n) is 8.79. The maximum Gasteiger partial charge on any atom is 0.317 e. The van der Waals surface area contributed by atoms with Crippen molar-refractivity contribution in [3.8, 4) is 11.5 Å². The molecular weight excluding hydrogens is 366 g/mol. The topological polar surface area (TPSA) is 95.7 Å². The Morgan fingerprint density at radius 3 is 3.04 bits per heavy atom. The van der Waals surface area contributed by atoms with Crippen LogP contribution in [-0.2, 0) is 11.3 Å². The number of amides is 2. The zero-order chi connectivity index (χ0) is 18.8. The Morgan fingerprint density at radius 1 is 1.37 bits per heavy atom. The molecule has 0 aliphatic carbocycles. The lowest BCUT2D eigenvalue weighted by atomic mass is 9.99. The zero-order valence-electron chi connectivity index (χ0n) is 14.6. The van der Waals surface area contributed by atoms with Crippen LogP contribution in [0.3, 0.4) is 0 Å². The minimum absolute atomic E-state index is 0.249. The third-order valence-electron chi connectivity index (χ3n) is 4.68. The van der Waals surface area contributed by atoms with Crippen molar-refractivity contribution in [3.63, 3.8) is 0 Å². The van der Waals surface area contributed by atoms with E-state index in [4.69, 9.17) is 9.52 Å². The number of urea groups is 1. The highest BCUT2D eigenvalue weighted by atomic mass is 32.1. The summed E-state index contributed by atoms with van der Waals surface area (Å²) in [5, 5.41) is 15.7. The van der Waals surface area contributed by atoms with E-state index >= 15 is 0 Å². The molecule has 27 heavy (non-hydrogen) atoms. The number of carbonyl (C=O) groups excluding carboxylic acids is 1. The van der Waals surface area contributed by atoms with Crippen LogP contribution in [-0.4, -0.2) is 40.1 Å². The number of nitrogens with one attached hydrogen (secondary N) is 1. The van der Waals surface area contributed by atoms with Gasteiger partial charge in [-0.15, -0.1) is 11.3 Å². The molecule has 1 unspecified atom stereocenters. The molecule has 0 spiro atoms. The molecule has 7 nitrogen and oxygen atoms in total. The lowest BCUT2D eigenvalue weighted by Crippen LogP contribution is -2.46. The summed E-state index contributed by atoms with van der Waals surface area (Å²) in [6, 6.07) is 9.48. The molecule has 1 saturated heterocycles. The van der Waals surface area contributed by atoms with Crippen LogP contribution in [0.4, 0.5) is 4.79 Å². The number of benzene rings is 1. The molecule has 0 radical (unpaired) electrons. The van der Waals surface area contributed by atoms with E-state index in [1.54, 1.807) is 4.90 Å². The van der Waals surface area contributed by atoms with Gasteiger partial charge in [0.15, 0.2) is 5.76 Å². The summed E-state index contributed by atoms with van der Waals surface area (Å²) in [7, 11) is 0. The third kappa shape index (κ3) is 3.80. The van der Waals surface area contributed by atoms with Crippen molar-refractivity contribution in [2.45, 2.75) is 19.4 Å². The van der Waals surface area contributed by atoms with Crippen molar-refractivity contribution >= 4 is 34.3 Å². The van der Waals surface area contributed by atoms with Gasteiger partial charge in [-0.05, 0) is 25.0 Å². The van der Waals surface area contributed by atoms with Crippen LogP contribution < -0.4 is 5.32 Å². The standard InChI is InChI=1S/C19H19N3O4S/c23-18(24)13-5-3-7-22(10-13)19(25)20-9-17-21-14(11-27-17)16-8-12-4-1-2-6-15(12)26-16/h1-2,4,6,8,11,13H,3,5,7,9-10H2,(H,20,25)(H,23,24). The molecule has 3 aromatic rings. The van der Waals surface area contributed by atoms with E-state index in [0.717, 1.165) is 21.7 Å². The fourth-order valence-electron chi connectivity index (χ4n) is 3.24. The van der Waals surface area contributed by atoms with Crippen LogP contribution in [0.1, 0.15) is 17.8 Å². The molecule has 2 N–H and O–H groups in total. The molecule has 8 heteroatoms. The van der Waals surface area contributed by atoms with E-state index in [9.17, 15) is 9.59 Å². The summed E-state index contributed by atoms with van der Waals surface area (Å²) < 4.78 is 5.82. The summed E-state index contributed by atoms with van der Waals surface area (Å²) in [6.45, 7) is 1.14. The quantitative estimate of drug-likeness (QED) is 0.716. The molecule has 3 heterocycles. The summed E-state index contributed by atoms with van der Waals surface area (Å²) >= 11 is 1.45. The third-order valence-corrected chi connectivity index (χ3v) is 5.53. The Balaban J connectivity index is 1.38. The van der Waals surface area contributed by atoms with Gasteiger partial charge in [0.1, 0.15) is 16.3 Å². The molecule has 1 aromatic carbocycles. The molecule has 4 rings (SSSR count). The van der Waals surface area contributed by atoms with Gasteiger partial charge in [-0.2, -0.15) is 0 Å². The second kappa shape index (κ2) is 7.40. The highest BCUT2D eigenvalue weighted by molar-refractivity contribution is 7.09. The van der Waals surface area contributed by atoms with Gasteiger partial charge in [0, 0.05) is 23.9 Å². The number of para-hydroxylation sites is 1. The molecule has 0 saturated carbocycles. The number of hydrogen-bond donors (Lipinski definition) is 2. The number of hydrogen-bond acceptors (Lipinski definition) is 5. The number of rotatable bonds is 4. The van der Waals surface area contributed by atoms with Crippen LogP contribution in [0.5, 0.6) is 0 Å². The van der Waals surface area contributed by atoms with E-state index in [-0.39, 0.29) is 12.6 Å². The van der Waals surface area contributed by atoms with Gasteiger partial charge in [-0.1, -0.05) is 18.2 Å². The van der Waals surface area contributed by atoms with Gasteiger partial charge in [0.05, 0.1) is 12.5 Å². The highest BCUT2D eigenvalue weighted by Crippen LogP contribution is 2.28. The molecule has 1 aliphatic rings. The number of piperidine rings is 1. The molecule has 140 valence electrons. The van der Waals surface area contributed by atoms with Gasteiger partial charge in [-0.25, -0.2) is 9.78 Å². The Morgan fingerprint density at radius 2 is 2.22 bits per heavy atom. The number of furan rings is 1. The van der Waals surface area contributed by atoms with Crippen LogP contribution >= 0.6 is 11.3 Å². The van der Waals surface area contributed by atoms with Crippen LogP contribution in [0, 0.1) is 5.92 Å². The normalized spacial score (nSPS) is 17.2. The minimum atomic E-state index is -0.845. The Bertz CT molecular complexity index is 947. The predicted octanol–water partition coefficient (Wildman–Crippen LogP) is 3.56. The van der Waals surface area contributed by atoms with Crippen LogP contribution in [0.2, 0.25) is 0 Å². The Hall–Kier alpha value is -2.87. The smallest absolute Gasteiger partial charge is 0.317 e. The van der Waals surface area contributed by atoms with Crippen LogP contribution in [0.15, 0.2) is 40.1 Å². The number of likely N-dealkylation sites (tertiary alicyclic amines) is 1. The molecule has 1 atom stereocenters. The second-order valence-electron chi connectivity index (χ2n) is 6.56. The van der Waals surface area contributed by atoms with Crippen molar-refractivity contribution < 1.29 is 19.1 Å². The van der Waals surface area contributed by atoms with Gasteiger partial charge in [-0.3, -0.25) is 4.79 Å². The molecule has 2 amide bonds. The number of fused-ring (bicyclic) bond motifs is 1. The zero-order valence-corrected chi connectivity index (χ0v) is 15.4. The van der Waals surface area contributed by atoms with E-state index in [2.05, 4.69) is 10.3 Å². The van der Waals surface area contributed by atoms with Crippen molar-refractivity contribution in [2.24, 2.45) is 5.92 Å². The molecular formula is C19H19N3O4S. The van der Waals surface area contributed by atoms with Gasteiger partial charge in [0.25, 0.3) is 0 Å². The van der Waals surface area contributed by atoms with Crippen molar-refractivity contribution in [2.75, 3.05) is 13.1 Å². The van der Waals surface area contributed by atoms with Gasteiger partial charge in [0.2, 0.25) is 0 Å². The molecule has 1 aliphatic heterocycles. The second-order valence-corrected chi connectivity index (χ2v) is 7.50. The number of nitrogens with zero attached hydrogens (tertiary/aromatic N) is 2. The molecule has 2 aromatic heterocycles. The molecule has 0 bridgehead atoms. The Kier molecular flexibility index (Phi) is 4.81. The van der Waals surface area contributed by atoms with E-state index in [0.29, 0.717) is 31.7 Å². The number of thiazole rings is 1. The summed E-state index contributed by atoms with van der Waals surface area (Å²) in [5.41, 5.74) is 1.55. The van der Waals surface area contributed by atoms with E-state index in [1.165, 1.54) is 11.3 Å². The Labute approximate surface area is 159 Å². The largest absolute Gasteiger partial charge is 0.481 e. The first kappa shape index (κ1) is 17.5. The van der Waals surface area contributed by atoms with E-state index < -0.39 is 11.9 Å². The maximum absolute atomic E-state index is 12.3. The number of carbonyl (C=O) groups is 2. The average Bonchev–Trinajstić information content (AvgIpc) is 3.32. The highest BCUT2D eigenvalue weighted by Gasteiger charge is 2.28. The van der Waals surface area contributed by atoms with Crippen LogP contribution in [0.25, 0.3) is 22.4 Å². The summed E-state index contributed by atoms with van der Waals surface area (Å²) in [5.74, 6) is -0.627. The minimum Gasteiger partial charge on any atom is -0.481 e. The van der Waals surface area contributed by atoms with Crippen molar-refractivity contribution in [1.82, 2.24) is 15.2 Å². The number of aromatic nitrogens is 1. The van der Waals surface area contributed by atoms with Crippen molar-refractivity contribution in [1.29, 1.82) is 0 Å². The lowest BCUT2D eigenvalue weighted by molar-refractivity contribution is -0.143. The molecule has 1 fully saturated rings. The number of carboxylic acids is 1. The lowest BCUT2D eigenvalue weighted by Gasteiger charge is -2.30. The van der Waals surface area contributed by atoms with Gasteiger partial charge < -0.3 is 19.7 Å². The summed E-state index contributed by atoms with van der Waals surface area (Å²) in [6.07, 6.45) is 1.32. The monoisotopic (exact) mass is 385 g/mol. The van der Waals surface area contributed by atoms with Crippen molar-refractivity contribution in [3.05, 3.63) is 40.7 Å². The van der Waals surface area contributed by atoms with E-state index in [1.807, 2.05) is 35.7 Å². The number of aliphatic carboxylic acids is 1. The average molecular weight is 385 g/mol. The van der Waals surface area contributed by atoms with Gasteiger partial charge >= 0.3 is 12.0 Å². The first-order valence-corrected chi connectivity index (χ1v) is 9.67. The maximum atomic E-state index is 12.3. The SMILES string of the molecule is O=C(O)C1CCCN(C(=O)NCc2nc(-c3cc4ccccc4o3)cs2)C1. The number of carboxylic acid groups (broad SMARTS) is 1. The fourth-order valence-corrected chi connectivity index (χ4v) is 3.96. The predicted molar refractivity (Wildman–Crippen MR) is 101 cm³/mol. The summed E-state index contributed by atoms with van der Waals surface area (Å²) in [4.78, 5) is 29.5. The first-order chi connectivity index (χ1) is 13.1.